The smallest absolute Gasteiger partial charge is 0.319 e. The lowest BCUT2D eigenvalue weighted by Gasteiger charge is -2.29. The van der Waals surface area contributed by atoms with E-state index in [4.69, 9.17) is 10.8 Å². The van der Waals surface area contributed by atoms with E-state index in [1.165, 1.54) is 35.6 Å². The third-order valence-corrected chi connectivity index (χ3v) is 6.59. The van der Waals surface area contributed by atoms with Crippen LogP contribution in [0.3, 0.4) is 0 Å². The fourth-order valence-corrected chi connectivity index (χ4v) is 4.61. The zero-order valence-corrected chi connectivity index (χ0v) is 17.2. The molecule has 148 valence electrons. The fourth-order valence-electron chi connectivity index (χ4n) is 3.58. The number of benzene rings is 2. The van der Waals surface area contributed by atoms with Crippen LogP contribution < -0.4 is 10.7 Å². The van der Waals surface area contributed by atoms with Crippen LogP contribution in [0.5, 0.6) is 0 Å². The van der Waals surface area contributed by atoms with Crippen LogP contribution in [0.4, 0.5) is 5.69 Å². The van der Waals surface area contributed by atoms with Gasteiger partial charge in [0.1, 0.15) is 4.75 Å². The van der Waals surface area contributed by atoms with Gasteiger partial charge >= 0.3 is 5.97 Å². The van der Waals surface area contributed by atoms with E-state index in [9.17, 15) is 9.90 Å². The summed E-state index contributed by atoms with van der Waals surface area (Å²) in [6.45, 7) is 6.02. The van der Waals surface area contributed by atoms with E-state index in [-0.39, 0.29) is 0 Å². The van der Waals surface area contributed by atoms with E-state index in [0.29, 0.717) is 17.6 Å². The molecule has 1 aliphatic heterocycles. The standard InChI is InChI=1S/C21H26N4O2S/c1-4-24-19(22)25(23-20(24)28-21(2,3)18(26)27)17-12-11-14(13-9-10-13)15-7-5-6-8-16(15)17/h5-8,11-13,19H,4,9-10,22H2,1-3H3,(H,26,27). The zero-order chi connectivity index (χ0) is 20.1. The van der Waals surface area contributed by atoms with Crippen molar-refractivity contribution in [1.82, 2.24) is 4.90 Å². The minimum Gasteiger partial charge on any atom is -0.480 e. The van der Waals surface area contributed by atoms with Crippen LogP contribution in [-0.4, -0.2) is 38.7 Å². The van der Waals surface area contributed by atoms with E-state index >= 15 is 0 Å². The predicted molar refractivity (Wildman–Crippen MR) is 115 cm³/mol. The van der Waals surface area contributed by atoms with Crippen LogP contribution in [-0.2, 0) is 4.79 Å². The molecule has 1 unspecified atom stereocenters. The lowest BCUT2D eigenvalue weighted by atomic mass is 9.99. The molecular weight excluding hydrogens is 372 g/mol. The van der Waals surface area contributed by atoms with Crippen LogP contribution in [0.15, 0.2) is 41.5 Å². The van der Waals surface area contributed by atoms with Gasteiger partial charge in [0.25, 0.3) is 0 Å². The molecule has 28 heavy (non-hydrogen) atoms. The molecule has 0 saturated heterocycles. The van der Waals surface area contributed by atoms with Gasteiger partial charge in [0.05, 0.1) is 5.69 Å². The summed E-state index contributed by atoms with van der Waals surface area (Å²) >= 11 is 1.23. The van der Waals surface area contributed by atoms with Crippen molar-refractivity contribution in [3.63, 3.8) is 0 Å². The Kier molecular flexibility index (Phi) is 4.75. The Labute approximate surface area is 169 Å². The molecule has 0 spiro atoms. The fraction of sp³-hybridized carbons (Fsp3) is 0.429. The van der Waals surface area contributed by atoms with Gasteiger partial charge in [-0.15, -0.1) is 5.10 Å². The minimum atomic E-state index is -0.986. The summed E-state index contributed by atoms with van der Waals surface area (Å²) in [6, 6.07) is 12.7. The lowest BCUT2D eigenvalue weighted by Crippen LogP contribution is -2.48. The topological polar surface area (TPSA) is 82.2 Å². The van der Waals surface area contributed by atoms with Crippen molar-refractivity contribution in [3.8, 4) is 0 Å². The van der Waals surface area contributed by atoms with Gasteiger partial charge in [0, 0.05) is 11.9 Å². The Balaban J connectivity index is 1.76. The monoisotopic (exact) mass is 398 g/mol. The Morgan fingerprint density at radius 1 is 1.25 bits per heavy atom. The number of thioether (sulfide) groups is 1. The number of hydrogen-bond acceptors (Lipinski definition) is 6. The summed E-state index contributed by atoms with van der Waals surface area (Å²) in [5, 5.41) is 19.1. The average Bonchev–Trinajstić information content (AvgIpc) is 3.46. The van der Waals surface area contributed by atoms with Crippen LogP contribution in [0.2, 0.25) is 0 Å². The molecule has 6 nitrogen and oxygen atoms in total. The molecule has 0 radical (unpaired) electrons. The van der Waals surface area contributed by atoms with E-state index in [1.807, 2.05) is 22.9 Å². The maximum atomic E-state index is 11.6. The van der Waals surface area contributed by atoms with E-state index < -0.39 is 17.0 Å². The SMILES string of the molecule is CCN1C(SC(C)(C)C(=O)O)=NN(c2ccc(C3CC3)c3ccccc23)C1N. The number of anilines is 1. The van der Waals surface area contributed by atoms with Gasteiger partial charge in [0.15, 0.2) is 11.5 Å². The average molecular weight is 399 g/mol. The number of fused-ring (bicyclic) bond motifs is 1. The zero-order valence-electron chi connectivity index (χ0n) is 16.4. The van der Waals surface area contributed by atoms with E-state index in [1.54, 1.807) is 13.8 Å². The van der Waals surface area contributed by atoms with Crippen molar-refractivity contribution in [3.05, 3.63) is 42.0 Å². The summed E-state index contributed by atoms with van der Waals surface area (Å²) in [5.74, 6) is -0.216. The number of carboxylic acid groups (broad SMARTS) is 1. The van der Waals surface area contributed by atoms with E-state index in [0.717, 1.165) is 11.1 Å². The highest BCUT2D eigenvalue weighted by atomic mass is 32.2. The quantitative estimate of drug-likeness (QED) is 0.793. The van der Waals surface area contributed by atoms with Crippen LogP contribution >= 0.6 is 11.8 Å². The van der Waals surface area contributed by atoms with Gasteiger partial charge in [-0.2, -0.15) is 0 Å². The first-order valence-electron chi connectivity index (χ1n) is 9.67. The maximum Gasteiger partial charge on any atom is 0.319 e. The van der Waals surface area contributed by atoms with Crippen molar-refractivity contribution < 1.29 is 9.90 Å². The highest BCUT2D eigenvalue weighted by molar-refractivity contribution is 8.15. The summed E-state index contributed by atoms with van der Waals surface area (Å²) in [7, 11) is 0. The van der Waals surface area contributed by atoms with Gasteiger partial charge in [0.2, 0.25) is 0 Å². The number of hydrazone groups is 1. The molecule has 0 aromatic heterocycles. The number of amidine groups is 1. The van der Waals surface area contributed by atoms with Crippen molar-refractivity contribution in [2.45, 2.75) is 50.6 Å². The molecule has 2 aromatic rings. The molecule has 1 heterocycles. The number of nitrogens with two attached hydrogens (primary N) is 1. The third-order valence-electron chi connectivity index (χ3n) is 5.41. The minimum absolute atomic E-state index is 0.465. The number of carbonyl (C=O) groups is 1. The van der Waals surface area contributed by atoms with Crippen molar-refractivity contribution in [2.75, 3.05) is 11.6 Å². The number of aliphatic carboxylic acids is 1. The molecule has 1 saturated carbocycles. The molecule has 1 aliphatic carbocycles. The highest BCUT2D eigenvalue weighted by Gasteiger charge is 2.39. The molecule has 7 heteroatoms. The predicted octanol–water partition coefficient (Wildman–Crippen LogP) is 3.97. The molecule has 2 aromatic carbocycles. The maximum absolute atomic E-state index is 11.6. The Hall–Kier alpha value is -2.25. The first kappa shape index (κ1) is 19.1. The van der Waals surface area contributed by atoms with Crippen molar-refractivity contribution in [1.29, 1.82) is 0 Å². The van der Waals surface area contributed by atoms with Gasteiger partial charge in [-0.3, -0.25) is 10.5 Å². The summed E-state index contributed by atoms with van der Waals surface area (Å²) in [5.41, 5.74) is 8.88. The van der Waals surface area contributed by atoms with Gasteiger partial charge in [-0.1, -0.05) is 42.1 Å². The molecule has 4 rings (SSSR count). The summed E-state index contributed by atoms with van der Waals surface area (Å²) in [4.78, 5) is 13.5. The first-order valence-corrected chi connectivity index (χ1v) is 10.5. The molecule has 0 amide bonds. The number of rotatable bonds is 5. The second kappa shape index (κ2) is 6.97. The molecule has 1 atom stereocenters. The second-order valence-electron chi connectivity index (χ2n) is 7.84. The first-order chi connectivity index (χ1) is 13.3. The second-order valence-corrected chi connectivity index (χ2v) is 9.43. The molecular formula is C21H26N4O2S. The Bertz CT molecular complexity index is 955. The normalized spacial score (nSPS) is 20.0. The number of hydrogen-bond donors (Lipinski definition) is 2. The molecule has 2 aliphatic rings. The van der Waals surface area contributed by atoms with Gasteiger partial charge in [-0.25, -0.2) is 5.01 Å². The largest absolute Gasteiger partial charge is 0.480 e. The lowest BCUT2D eigenvalue weighted by molar-refractivity contribution is -0.138. The number of carboxylic acids is 1. The molecule has 1 fully saturated rings. The molecule has 3 N–H and O–H groups in total. The van der Waals surface area contributed by atoms with Gasteiger partial charge < -0.3 is 10.0 Å². The Morgan fingerprint density at radius 2 is 1.93 bits per heavy atom. The van der Waals surface area contributed by atoms with Crippen LogP contribution in [0.25, 0.3) is 10.8 Å². The Morgan fingerprint density at radius 3 is 2.54 bits per heavy atom. The third kappa shape index (κ3) is 3.22. The van der Waals surface area contributed by atoms with E-state index in [2.05, 4.69) is 30.3 Å². The van der Waals surface area contributed by atoms with Crippen LogP contribution in [0, 0.1) is 0 Å². The van der Waals surface area contributed by atoms with Gasteiger partial charge in [-0.05, 0) is 56.5 Å². The van der Waals surface area contributed by atoms with Crippen molar-refractivity contribution in [2.24, 2.45) is 10.8 Å². The summed E-state index contributed by atoms with van der Waals surface area (Å²) < 4.78 is -0.986. The van der Waals surface area contributed by atoms with Crippen LogP contribution in [0.1, 0.15) is 45.1 Å². The number of nitrogens with zero attached hydrogens (tertiary/aromatic N) is 3. The highest BCUT2D eigenvalue weighted by Crippen LogP contribution is 2.45. The summed E-state index contributed by atoms with van der Waals surface area (Å²) in [6.07, 6.45) is 2.03. The van der Waals surface area contributed by atoms with Crippen molar-refractivity contribution >= 4 is 39.4 Å². The molecule has 0 bridgehead atoms.